The van der Waals surface area contributed by atoms with E-state index in [1.807, 2.05) is 0 Å². The normalized spacial score (nSPS) is 17.0. The van der Waals surface area contributed by atoms with Gasteiger partial charge in [-0.25, -0.2) is 4.79 Å². The highest BCUT2D eigenvalue weighted by Gasteiger charge is 2.32. The fourth-order valence-electron chi connectivity index (χ4n) is 2.19. The van der Waals surface area contributed by atoms with Crippen LogP contribution in [0.25, 0.3) is 11.5 Å². The average molecular weight is 318 g/mol. The Kier molecular flexibility index (Phi) is 3.83. The van der Waals surface area contributed by atoms with Gasteiger partial charge >= 0.3 is 6.03 Å². The lowest BCUT2D eigenvalue weighted by atomic mass is 10.2. The molecular weight excluding hydrogens is 304 g/mol. The van der Waals surface area contributed by atoms with Gasteiger partial charge in [-0.15, -0.1) is 0 Å². The number of carbonyl (C=O) groups excluding carboxylic acids is 3. The first-order valence-corrected chi connectivity index (χ1v) is 6.87. The zero-order valence-electron chi connectivity index (χ0n) is 12.2. The van der Waals surface area contributed by atoms with Gasteiger partial charge in [0.1, 0.15) is 11.7 Å². The zero-order chi connectivity index (χ0) is 16.4. The lowest BCUT2D eigenvalue weighted by Gasteiger charge is -2.17. The van der Waals surface area contributed by atoms with Crippen molar-refractivity contribution in [2.45, 2.75) is 19.0 Å². The minimum absolute atomic E-state index is 0.114. The van der Waals surface area contributed by atoms with Crippen LogP contribution in [0.4, 0.5) is 4.79 Å². The van der Waals surface area contributed by atoms with E-state index in [0.717, 1.165) is 0 Å². The fourth-order valence-corrected chi connectivity index (χ4v) is 2.19. The Morgan fingerprint density at radius 1 is 1.39 bits per heavy atom. The van der Waals surface area contributed by atoms with Crippen molar-refractivity contribution in [3.05, 3.63) is 30.2 Å². The van der Waals surface area contributed by atoms with Gasteiger partial charge in [0, 0.05) is 13.1 Å². The number of urea groups is 1. The Hall–Kier alpha value is -3.10. The largest absolute Gasteiger partial charge is 0.461 e. The molecule has 1 saturated heterocycles. The number of amides is 4. The topological polar surface area (TPSA) is 118 Å². The number of aromatic nitrogens is 1. The van der Waals surface area contributed by atoms with Crippen LogP contribution in [0.15, 0.2) is 33.4 Å². The summed E-state index contributed by atoms with van der Waals surface area (Å²) in [5.41, 5.74) is 0.548. The number of hydrogen-bond donors (Lipinski definition) is 2. The van der Waals surface area contributed by atoms with Crippen LogP contribution in [0.5, 0.6) is 0 Å². The molecule has 23 heavy (non-hydrogen) atoms. The number of nitrogens with one attached hydrogen (secondary N) is 2. The third kappa shape index (κ3) is 3.23. The molecule has 2 N–H and O–H groups in total. The molecule has 9 nitrogen and oxygen atoms in total. The van der Waals surface area contributed by atoms with Gasteiger partial charge in [0.2, 0.25) is 11.7 Å². The first kappa shape index (κ1) is 14.8. The van der Waals surface area contributed by atoms with Crippen molar-refractivity contribution in [1.29, 1.82) is 0 Å². The molecule has 4 amide bonds. The Bertz CT molecular complexity index is 736. The van der Waals surface area contributed by atoms with E-state index < -0.39 is 18.0 Å². The van der Waals surface area contributed by atoms with Gasteiger partial charge in [-0.3, -0.25) is 14.9 Å². The maximum Gasteiger partial charge on any atom is 0.322 e. The summed E-state index contributed by atoms with van der Waals surface area (Å²) in [6, 6.07) is 3.71. The molecule has 0 aliphatic carbocycles. The lowest BCUT2D eigenvalue weighted by molar-refractivity contribution is -0.133. The molecule has 1 fully saturated rings. The number of hydrogen-bond acceptors (Lipinski definition) is 6. The summed E-state index contributed by atoms with van der Waals surface area (Å²) in [5.74, 6) is 0.213. The molecule has 0 unspecified atom stereocenters. The summed E-state index contributed by atoms with van der Waals surface area (Å²) >= 11 is 0. The van der Waals surface area contributed by atoms with E-state index in [4.69, 9.17) is 8.94 Å². The highest BCUT2D eigenvalue weighted by molar-refractivity contribution is 6.05. The van der Waals surface area contributed by atoms with Gasteiger partial charge in [-0.2, -0.15) is 0 Å². The number of furan rings is 1. The zero-order valence-corrected chi connectivity index (χ0v) is 12.2. The van der Waals surface area contributed by atoms with Crippen LogP contribution in [-0.2, 0) is 16.1 Å². The van der Waals surface area contributed by atoms with Crippen LogP contribution in [0.2, 0.25) is 0 Å². The molecule has 2 aromatic rings. The second-order valence-corrected chi connectivity index (χ2v) is 5.13. The molecule has 0 bridgehead atoms. The monoisotopic (exact) mass is 318 g/mol. The van der Waals surface area contributed by atoms with E-state index in [-0.39, 0.29) is 18.9 Å². The van der Waals surface area contributed by atoms with Crippen LogP contribution in [0.1, 0.15) is 12.1 Å². The van der Waals surface area contributed by atoms with Gasteiger partial charge in [0.15, 0.2) is 5.76 Å². The highest BCUT2D eigenvalue weighted by Crippen LogP contribution is 2.21. The second kappa shape index (κ2) is 5.95. The maximum absolute atomic E-state index is 12.1. The minimum Gasteiger partial charge on any atom is -0.461 e. The van der Waals surface area contributed by atoms with Crippen LogP contribution >= 0.6 is 0 Å². The smallest absolute Gasteiger partial charge is 0.322 e. The van der Waals surface area contributed by atoms with Gasteiger partial charge in [-0.05, 0) is 12.1 Å². The standard InChI is InChI=1S/C14H14N4O5/c1-18(12(19)6-9-13(20)16-14(21)15-9)7-8-5-11(23-17-8)10-3-2-4-22-10/h2-5,9H,6-7H2,1H3,(H2,15,16,20,21)/t9-/m0/s1. The van der Waals surface area contributed by atoms with Crippen LogP contribution in [0.3, 0.4) is 0 Å². The fraction of sp³-hybridized carbons (Fsp3) is 0.286. The van der Waals surface area contributed by atoms with Crippen molar-refractivity contribution in [2.24, 2.45) is 0 Å². The molecule has 2 aromatic heterocycles. The van der Waals surface area contributed by atoms with Crippen LogP contribution in [-0.4, -0.2) is 41.0 Å². The van der Waals surface area contributed by atoms with Gasteiger partial charge in [-0.1, -0.05) is 5.16 Å². The van der Waals surface area contributed by atoms with E-state index in [1.165, 1.54) is 11.2 Å². The van der Waals surface area contributed by atoms with Crippen LogP contribution in [0, 0.1) is 0 Å². The molecule has 1 aliphatic heterocycles. The van der Waals surface area contributed by atoms with Crippen molar-refractivity contribution in [1.82, 2.24) is 20.7 Å². The van der Waals surface area contributed by atoms with Crippen molar-refractivity contribution in [2.75, 3.05) is 7.05 Å². The Balaban J connectivity index is 1.58. The van der Waals surface area contributed by atoms with E-state index in [2.05, 4.69) is 15.8 Å². The SMILES string of the molecule is CN(Cc1cc(-c2ccco2)on1)C(=O)C[C@@H]1NC(=O)NC1=O. The number of nitrogens with zero attached hydrogens (tertiary/aromatic N) is 2. The van der Waals surface area contributed by atoms with E-state index >= 15 is 0 Å². The molecular formula is C14H14N4O5. The van der Waals surface area contributed by atoms with E-state index in [0.29, 0.717) is 17.2 Å². The number of carbonyl (C=O) groups is 3. The Labute approximate surface area is 130 Å². The van der Waals surface area contributed by atoms with E-state index in [9.17, 15) is 14.4 Å². The number of rotatable bonds is 5. The lowest BCUT2D eigenvalue weighted by Crippen LogP contribution is -2.37. The van der Waals surface area contributed by atoms with Gasteiger partial charge in [0.25, 0.3) is 5.91 Å². The molecule has 120 valence electrons. The summed E-state index contributed by atoms with van der Waals surface area (Å²) in [7, 11) is 1.58. The summed E-state index contributed by atoms with van der Waals surface area (Å²) in [5, 5.41) is 8.34. The second-order valence-electron chi connectivity index (χ2n) is 5.13. The molecule has 9 heteroatoms. The number of imide groups is 1. The predicted molar refractivity (Wildman–Crippen MR) is 75.8 cm³/mol. The molecule has 1 aliphatic rings. The molecule has 0 aromatic carbocycles. The minimum atomic E-state index is -0.839. The van der Waals surface area contributed by atoms with Crippen molar-refractivity contribution < 1.29 is 23.3 Å². The van der Waals surface area contributed by atoms with Gasteiger partial charge < -0.3 is 19.2 Å². The predicted octanol–water partition coefficient (Wildman–Crippen LogP) is 0.491. The third-order valence-corrected chi connectivity index (χ3v) is 3.39. The third-order valence-electron chi connectivity index (χ3n) is 3.39. The van der Waals surface area contributed by atoms with Crippen molar-refractivity contribution >= 4 is 17.8 Å². The van der Waals surface area contributed by atoms with Crippen molar-refractivity contribution in [3.8, 4) is 11.5 Å². The Morgan fingerprint density at radius 3 is 2.87 bits per heavy atom. The maximum atomic E-state index is 12.1. The summed E-state index contributed by atoms with van der Waals surface area (Å²) in [6.45, 7) is 0.214. The molecule has 1 atom stereocenters. The molecule has 0 saturated carbocycles. The van der Waals surface area contributed by atoms with Crippen LogP contribution < -0.4 is 10.6 Å². The molecule has 0 spiro atoms. The molecule has 3 rings (SSSR count). The van der Waals surface area contributed by atoms with E-state index in [1.54, 1.807) is 25.2 Å². The Morgan fingerprint density at radius 2 is 2.22 bits per heavy atom. The van der Waals surface area contributed by atoms with Gasteiger partial charge in [0.05, 0.1) is 19.2 Å². The quantitative estimate of drug-likeness (QED) is 0.775. The molecule has 3 heterocycles. The first-order valence-electron chi connectivity index (χ1n) is 6.87. The summed E-state index contributed by atoms with van der Waals surface area (Å²) in [4.78, 5) is 36.0. The summed E-state index contributed by atoms with van der Waals surface area (Å²) < 4.78 is 10.3. The highest BCUT2D eigenvalue weighted by atomic mass is 16.5. The van der Waals surface area contributed by atoms with Crippen molar-refractivity contribution in [3.63, 3.8) is 0 Å². The first-order chi connectivity index (χ1) is 11.0. The average Bonchev–Trinajstić information content (AvgIpc) is 3.21. The summed E-state index contributed by atoms with van der Waals surface area (Å²) in [6.07, 6.45) is 1.41. The molecule has 0 radical (unpaired) electrons.